The summed E-state index contributed by atoms with van der Waals surface area (Å²) in [6, 6.07) is 29.0. The summed E-state index contributed by atoms with van der Waals surface area (Å²) in [5.74, 6) is 0.774. The lowest BCUT2D eigenvalue weighted by Gasteiger charge is -2.06. The van der Waals surface area contributed by atoms with Crippen molar-refractivity contribution in [1.29, 1.82) is 0 Å². The lowest BCUT2D eigenvalue weighted by atomic mass is 10.1. The van der Waals surface area contributed by atoms with Crippen LogP contribution in [0.2, 0.25) is 0 Å². The first-order chi connectivity index (χ1) is 12.4. The Labute approximate surface area is 149 Å². The molecule has 118 valence electrons. The van der Waals surface area contributed by atoms with E-state index in [1.807, 2.05) is 24.3 Å². The van der Waals surface area contributed by atoms with Gasteiger partial charge in [-0.25, -0.2) is 9.97 Å². The van der Waals surface area contributed by atoms with E-state index in [0.717, 1.165) is 32.9 Å². The number of thiophene rings is 1. The minimum Gasteiger partial charge on any atom is -0.226 e. The summed E-state index contributed by atoms with van der Waals surface area (Å²) in [4.78, 5) is 9.86. The Bertz CT molecular complexity index is 1180. The predicted molar refractivity (Wildman–Crippen MR) is 106 cm³/mol. The zero-order valence-electron chi connectivity index (χ0n) is 13.4. The first kappa shape index (κ1) is 14.3. The first-order valence-corrected chi connectivity index (χ1v) is 9.02. The van der Waals surface area contributed by atoms with E-state index >= 15 is 0 Å². The van der Waals surface area contributed by atoms with Crippen LogP contribution in [0.4, 0.5) is 0 Å². The van der Waals surface area contributed by atoms with Gasteiger partial charge in [0.1, 0.15) is 0 Å². The van der Waals surface area contributed by atoms with E-state index in [0.29, 0.717) is 0 Å². The van der Waals surface area contributed by atoms with Gasteiger partial charge in [0.15, 0.2) is 5.82 Å². The highest BCUT2D eigenvalue weighted by molar-refractivity contribution is 7.26. The van der Waals surface area contributed by atoms with Crippen molar-refractivity contribution in [3.8, 4) is 22.6 Å². The lowest BCUT2D eigenvalue weighted by molar-refractivity contribution is 1.24. The van der Waals surface area contributed by atoms with Crippen molar-refractivity contribution in [2.45, 2.75) is 0 Å². The number of fused-ring (bicyclic) bond motifs is 3. The number of hydrogen-bond donors (Lipinski definition) is 0. The molecule has 0 bridgehead atoms. The molecule has 0 saturated carbocycles. The molecule has 2 nitrogen and oxygen atoms in total. The molecule has 3 heteroatoms. The third-order valence-corrected chi connectivity index (χ3v) is 5.47. The molecule has 5 rings (SSSR count). The van der Waals surface area contributed by atoms with Crippen LogP contribution in [0.15, 0.2) is 84.9 Å². The second-order valence-corrected chi connectivity index (χ2v) is 6.96. The highest BCUT2D eigenvalue weighted by Crippen LogP contribution is 2.39. The quantitative estimate of drug-likeness (QED) is 0.384. The van der Waals surface area contributed by atoms with Crippen LogP contribution >= 0.6 is 11.3 Å². The van der Waals surface area contributed by atoms with Gasteiger partial charge in [-0.1, -0.05) is 78.9 Å². The highest BCUT2D eigenvalue weighted by atomic mass is 32.1. The molecular formula is C22H14N2S. The Kier molecular flexibility index (Phi) is 3.32. The van der Waals surface area contributed by atoms with Crippen molar-refractivity contribution in [3.63, 3.8) is 0 Å². The van der Waals surface area contributed by atoms with Crippen LogP contribution < -0.4 is 0 Å². The number of aromatic nitrogens is 2. The molecule has 2 aromatic heterocycles. The van der Waals surface area contributed by atoms with Crippen molar-refractivity contribution in [2.24, 2.45) is 0 Å². The van der Waals surface area contributed by atoms with Gasteiger partial charge in [0.2, 0.25) is 0 Å². The second-order valence-electron chi connectivity index (χ2n) is 5.90. The standard InChI is InChI=1S/C22H14N2S/c1-3-9-15(10-4-1)19-21-20(17-13-7-8-14-18(17)25-21)24-22(23-19)16-11-5-2-6-12-16/h1-14H. The summed E-state index contributed by atoms with van der Waals surface area (Å²) < 4.78 is 2.39. The van der Waals surface area contributed by atoms with Crippen LogP contribution in [-0.4, -0.2) is 9.97 Å². The average molecular weight is 338 g/mol. The monoisotopic (exact) mass is 338 g/mol. The topological polar surface area (TPSA) is 25.8 Å². The van der Waals surface area contributed by atoms with Gasteiger partial charge in [-0.05, 0) is 6.07 Å². The summed E-state index contributed by atoms with van der Waals surface area (Å²) in [7, 11) is 0. The fraction of sp³-hybridized carbons (Fsp3) is 0. The van der Waals surface area contributed by atoms with Crippen LogP contribution in [0.1, 0.15) is 0 Å². The average Bonchev–Trinajstić information content (AvgIpc) is 3.07. The van der Waals surface area contributed by atoms with Gasteiger partial charge in [-0.3, -0.25) is 0 Å². The lowest BCUT2D eigenvalue weighted by Crippen LogP contribution is -1.93. The molecule has 0 amide bonds. The maximum Gasteiger partial charge on any atom is 0.160 e. The third-order valence-electron chi connectivity index (χ3n) is 4.30. The van der Waals surface area contributed by atoms with Crippen molar-refractivity contribution < 1.29 is 0 Å². The van der Waals surface area contributed by atoms with Crippen molar-refractivity contribution in [3.05, 3.63) is 84.9 Å². The van der Waals surface area contributed by atoms with E-state index < -0.39 is 0 Å². The SMILES string of the molecule is c1ccc(-c2nc(-c3ccccc3)c3sc4ccccc4c3n2)cc1. The van der Waals surface area contributed by atoms with Gasteiger partial charge in [0, 0.05) is 21.2 Å². The summed E-state index contributed by atoms with van der Waals surface area (Å²) >= 11 is 1.76. The summed E-state index contributed by atoms with van der Waals surface area (Å²) in [5.41, 5.74) is 4.20. The minimum absolute atomic E-state index is 0.774. The number of rotatable bonds is 2. The van der Waals surface area contributed by atoms with Gasteiger partial charge >= 0.3 is 0 Å². The molecule has 0 atom stereocenters. The fourth-order valence-corrected chi connectivity index (χ4v) is 4.25. The van der Waals surface area contributed by atoms with Gasteiger partial charge < -0.3 is 0 Å². The van der Waals surface area contributed by atoms with Crippen LogP contribution in [0.3, 0.4) is 0 Å². The maximum absolute atomic E-state index is 4.94. The van der Waals surface area contributed by atoms with Crippen molar-refractivity contribution in [2.75, 3.05) is 0 Å². The Morgan fingerprint density at radius 1 is 0.600 bits per heavy atom. The fourth-order valence-electron chi connectivity index (χ4n) is 3.10. The largest absolute Gasteiger partial charge is 0.226 e. The van der Waals surface area contributed by atoms with E-state index in [4.69, 9.17) is 9.97 Å². The molecular weight excluding hydrogens is 324 g/mol. The Morgan fingerprint density at radius 3 is 2.00 bits per heavy atom. The molecule has 3 aromatic carbocycles. The zero-order chi connectivity index (χ0) is 16.6. The third kappa shape index (κ3) is 2.41. The molecule has 0 radical (unpaired) electrons. The molecule has 0 aliphatic heterocycles. The molecule has 2 heterocycles. The molecule has 0 fully saturated rings. The molecule has 0 unspecified atom stereocenters. The van der Waals surface area contributed by atoms with E-state index in [9.17, 15) is 0 Å². The summed E-state index contributed by atoms with van der Waals surface area (Å²) in [6.07, 6.45) is 0. The van der Waals surface area contributed by atoms with Gasteiger partial charge in [-0.15, -0.1) is 11.3 Å². The summed E-state index contributed by atoms with van der Waals surface area (Å²) in [5, 5.41) is 1.19. The molecule has 5 aromatic rings. The van der Waals surface area contributed by atoms with E-state index in [-0.39, 0.29) is 0 Å². The smallest absolute Gasteiger partial charge is 0.160 e. The molecule has 0 saturated heterocycles. The van der Waals surface area contributed by atoms with Crippen LogP contribution in [0.5, 0.6) is 0 Å². The number of nitrogens with zero attached hydrogens (tertiary/aromatic N) is 2. The van der Waals surface area contributed by atoms with Gasteiger partial charge in [0.05, 0.1) is 15.9 Å². The number of benzene rings is 3. The van der Waals surface area contributed by atoms with Gasteiger partial charge in [-0.2, -0.15) is 0 Å². The number of hydrogen-bond acceptors (Lipinski definition) is 3. The van der Waals surface area contributed by atoms with Crippen molar-refractivity contribution >= 4 is 31.6 Å². The first-order valence-electron chi connectivity index (χ1n) is 8.20. The molecule has 0 N–H and O–H groups in total. The van der Waals surface area contributed by atoms with E-state index in [2.05, 4.69) is 60.7 Å². The van der Waals surface area contributed by atoms with Crippen molar-refractivity contribution in [1.82, 2.24) is 9.97 Å². The minimum atomic E-state index is 0.774. The second kappa shape index (κ2) is 5.80. The van der Waals surface area contributed by atoms with Crippen LogP contribution in [0.25, 0.3) is 42.9 Å². The van der Waals surface area contributed by atoms with E-state index in [1.165, 1.54) is 10.1 Å². The normalized spacial score (nSPS) is 11.2. The molecule has 25 heavy (non-hydrogen) atoms. The highest BCUT2D eigenvalue weighted by Gasteiger charge is 2.15. The zero-order valence-corrected chi connectivity index (χ0v) is 14.2. The van der Waals surface area contributed by atoms with Gasteiger partial charge in [0.25, 0.3) is 0 Å². The van der Waals surface area contributed by atoms with E-state index in [1.54, 1.807) is 11.3 Å². The van der Waals surface area contributed by atoms with Crippen LogP contribution in [-0.2, 0) is 0 Å². The Hall–Kier alpha value is -3.04. The molecule has 0 spiro atoms. The maximum atomic E-state index is 4.94. The predicted octanol–water partition coefficient (Wildman–Crippen LogP) is 6.18. The summed E-state index contributed by atoms with van der Waals surface area (Å²) in [6.45, 7) is 0. The molecule has 0 aliphatic carbocycles. The molecule has 0 aliphatic rings. The van der Waals surface area contributed by atoms with Crippen LogP contribution in [0, 0.1) is 0 Å². The Morgan fingerprint density at radius 2 is 1.24 bits per heavy atom. The Balaban J connectivity index is 1.90.